The Kier molecular flexibility index (Phi) is 11.2. The molecule has 3 fully saturated rings. The van der Waals surface area contributed by atoms with Crippen LogP contribution < -0.4 is 14.9 Å². The highest BCUT2D eigenvalue weighted by Gasteiger charge is 2.48. The first-order valence-electron chi connectivity index (χ1n) is 16.3. The lowest BCUT2D eigenvalue weighted by Gasteiger charge is -2.42. The molecule has 0 aliphatic carbocycles. The molecule has 51 heavy (non-hydrogen) atoms. The van der Waals surface area contributed by atoms with Gasteiger partial charge in [-0.3, -0.25) is 9.69 Å². The van der Waals surface area contributed by atoms with Gasteiger partial charge in [0.15, 0.2) is 23.5 Å². The third-order valence-electron chi connectivity index (χ3n) is 9.04. The highest BCUT2D eigenvalue weighted by Crippen LogP contribution is 2.40. The van der Waals surface area contributed by atoms with Gasteiger partial charge in [-0.05, 0) is 25.1 Å². The number of aliphatic hydroxyl groups is 6. The Morgan fingerprint density at radius 2 is 1.53 bits per heavy atom. The van der Waals surface area contributed by atoms with E-state index in [-0.39, 0.29) is 35.0 Å². The average molecular weight is 724 g/mol. The molecule has 0 bridgehead atoms. The van der Waals surface area contributed by atoms with Crippen molar-refractivity contribution in [3.05, 3.63) is 40.6 Å². The molecular weight excluding hydrogens is 682 g/mol. The molecule has 0 amide bonds. The van der Waals surface area contributed by atoms with Gasteiger partial charge in [-0.25, -0.2) is 0 Å². The molecular formula is C33H41NO17. The first kappa shape index (κ1) is 37.0. The molecule has 6 rings (SSSR count). The molecule has 0 spiro atoms. The van der Waals surface area contributed by atoms with E-state index in [2.05, 4.69) is 4.90 Å². The normalized spacial score (nSPS) is 31.8. The van der Waals surface area contributed by atoms with Crippen molar-refractivity contribution in [2.75, 3.05) is 46.1 Å². The van der Waals surface area contributed by atoms with Crippen LogP contribution in [0.4, 0.5) is 0 Å². The third kappa shape index (κ3) is 7.71. The molecule has 3 aromatic rings. The van der Waals surface area contributed by atoms with Crippen LogP contribution >= 0.6 is 0 Å². The van der Waals surface area contributed by atoms with Gasteiger partial charge in [0.25, 0.3) is 0 Å². The summed E-state index contributed by atoms with van der Waals surface area (Å²) in [4.78, 5) is 16.0. The molecule has 9 N–H and O–H groups in total. The number of phenolic OH excluding ortho intramolecular Hbond substituents is 3. The van der Waals surface area contributed by atoms with E-state index in [9.17, 15) is 50.8 Å². The Morgan fingerprint density at radius 1 is 0.824 bits per heavy atom. The summed E-state index contributed by atoms with van der Waals surface area (Å²) in [5.41, 5.74) is -1.18. The molecule has 3 aliphatic heterocycles. The molecule has 0 unspecified atom stereocenters. The van der Waals surface area contributed by atoms with Gasteiger partial charge in [-0.2, -0.15) is 0 Å². The number of phenols is 3. The lowest BCUT2D eigenvalue weighted by atomic mass is 9.98. The van der Waals surface area contributed by atoms with Crippen LogP contribution in [0.1, 0.15) is 6.92 Å². The highest BCUT2D eigenvalue weighted by atomic mass is 16.7. The summed E-state index contributed by atoms with van der Waals surface area (Å²) in [5.74, 6) is -2.27. The molecule has 4 heterocycles. The van der Waals surface area contributed by atoms with Crippen molar-refractivity contribution >= 4 is 11.0 Å². The fourth-order valence-corrected chi connectivity index (χ4v) is 6.06. The maximum absolute atomic E-state index is 13.9. The van der Waals surface area contributed by atoms with E-state index in [1.54, 1.807) is 0 Å². The van der Waals surface area contributed by atoms with Crippen molar-refractivity contribution in [3.8, 4) is 40.1 Å². The smallest absolute Gasteiger partial charge is 0.239 e. The fraction of sp³-hybridized carbons (Fsp3) is 0.545. The van der Waals surface area contributed by atoms with Gasteiger partial charge in [0.1, 0.15) is 71.8 Å². The number of rotatable bonds is 10. The van der Waals surface area contributed by atoms with E-state index in [1.165, 1.54) is 25.1 Å². The molecule has 3 aliphatic rings. The van der Waals surface area contributed by atoms with Crippen LogP contribution in [-0.2, 0) is 18.9 Å². The topological polar surface area (TPSA) is 271 Å². The number of aromatic hydroxyl groups is 3. The minimum absolute atomic E-state index is 0.0638. The van der Waals surface area contributed by atoms with Crippen LogP contribution in [0.15, 0.2) is 39.5 Å². The third-order valence-corrected chi connectivity index (χ3v) is 9.04. The summed E-state index contributed by atoms with van der Waals surface area (Å²) in [6.45, 7) is 4.41. The minimum atomic E-state index is -1.96. The Balaban J connectivity index is 1.27. The van der Waals surface area contributed by atoms with E-state index in [1.807, 2.05) is 0 Å². The van der Waals surface area contributed by atoms with Gasteiger partial charge in [-0.15, -0.1) is 0 Å². The zero-order chi connectivity index (χ0) is 36.6. The number of aliphatic hydroxyl groups excluding tert-OH is 6. The van der Waals surface area contributed by atoms with E-state index in [0.717, 1.165) is 25.2 Å². The number of morpholine rings is 1. The molecule has 18 heteroatoms. The van der Waals surface area contributed by atoms with Crippen LogP contribution in [0.5, 0.6) is 28.7 Å². The monoisotopic (exact) mass is 723 g/mol. The van der Waals surface area contributed by atoms with Gasteiger partial charge < -0.3 is 78.8 Å². The van der Waals surface area contributed by atoms with Crippen molar-refractivity contribution in [1.29, 1.82) is 0 Å². The number of benzene rings is 2. The summed E-state index contributed by atoms with van der Waals surface area (Å²) < 4.78 is 39.5. The molecule has 0 saturated carbocycles. The van der Waals surface area contributed by atoms with Gasteiger partial charge in [0.2, 0.25) is 17.5 Å². The second kappa shape index (κ2) is 15.4. The summed E-state index contributed by atoms with van der Waals surface area (Å²) in [6, 6.07) is 6.06. The van der Waals surface area contributed by atoms with Crippen LogP contribution in [0.25, 0.3) is 22.3 Å². The van der Waals surface area contributed by atoms with Crippen LogP contribution in [0.2, 0.25) is 0 Å². The lowest BCUT2D eigenvalue weighted by Crippen LogP contribution is -2.61. The van der Waals surface area contributed by atoms with Gasteiger partial charge >= 0.3 is 0 Å². The molecule has 2 aromatic carbocycles. The highest BCUT2D eigenvalue weighted by molar-refractivity contribution is 5.88. The van der Waals surface area contributed by atoms with Crippen molar-refractivity contribution in [2.24, 2.45) is 0 Å². The maximum Gasteiger partial charge on any atom is 0.239 e. The second-order valence-electron chi connectivity index (χ2n) is 12.6. The molecule has 3 saturated heterocycles. The number of fused-ring (bicyclic) bond motifs is 1. The Bertz CT molecular complexity index is 1730. The minimum Gasteiger partial charge on any atom is -0.508 e. The van der Waals surface area contributed by atoms with Crippen LogP contribution in [-0.4, -0.2) is 158 Å². The predicted molar refractivity (Wildman–Crippen MR) is 171 cm³/mol. The molecule has 1 aromatic heterocycles. The quantitative estimate of drug-likeness (QED) is 0.113. The molecule has 280 valence electrons. The number of nitrogens with zero attached hydrogens (tertiary/aromatic N) is 1. The Morgan fingerprint density at radius 3 is 2.25 bits per heavy atom. The lowest BCUT2D eigenvalue weighted by molar-refractivity contribution is -0.318. The predicted octanol–water partition coefficient (Wildman–Crippen LogP) is -1.68. The zero-order valence-corrected chi connectivity index (χ0v) is 27.3. The molecule has 10 atom stereocenters. The number of ether oxygens (including phenoxy) is 6. The van der Waals surface area contributed by atoms with E-state index in [4.69, 9.17) is 32.8 Å². The van der Waals surface area contributed by atoms with E-state index >= 15 is 0 Å². The average Bonchev–Trinajstić information content (AvgIpc) is 3.10. The standard InChI is InChI=1S/C33H41NO17/c1-14-23(38)26(41)28(43)32(48-14)47-13-21-24(39)27(42)29(44)33(50-21)51-31-25(40)22-18(37)11-16(35)12-20(22)49-30(31)15-2-3-19(17(36)10-15)46-9-6-34-4-7-45-8-5-34/h2-3,10-12,14,21,23-24,26-29,32-33,35-39,41-44H,4-9,13H2,1H3/t14-,21+,23-,24+,26+,27-,28+,29+,32+,33-/m0/s1. The van der Waals surface area contributed by atoms with Crippen molar-refractivity contribution in [2.45, 2.75) is 68.3 Å². The largest absolute Gasteiger partial charge is 0.508 e. The SMILES string of the molecule is C[C@@H]1O[C@@H](OC[C@H]2O[C@@H](Oc3c(-c4ccc(OCCN5CCOCC5)c(O)c4)oc4cc(O)cc(O)c4c3=O)[C@H](O)[C@@H](O)[C@@H]2O)[C@H](O)[C@H](O)[C@H]1O. The van der Waals surface area contributed by atoms with Crippen LogP contribution in [0, 0.1) is 0 Å². The van der Waals surface area contributed by atoms with E-state index < -0.39 is 96.1 Å². The van der Waals surface area contributed by atoms with Crippen molar-refractivity contribution in [1.82, 2.24) is 4.90 Å². The fourth-order valence-electron chi connectivity index (χ4n) is 6.06. The number of hydrogen-bond acceptors (Lipinski definition) is 18. The van der Waals surface area contributed by atoms with Gasteiger partial charge in [0.05, 0.1) is 25.9 Å². The summed E-state index contributed by atoms with van der Waals surface area (Å²) in [6.07, 6.45) is -16.1. The summed E-state index contributed by atoms with van der Waals surface area (Å²) >= 11 is 0. The Labute approximate surface area is 289 Å². The van der Waals surface area contributed by atoms with Gasteiger partial charge in [-0.1, -0.05) is 0 Å². The van der Waals surface area contributed by atoms with Crippen molar-refractivity contribution < 1.29 is 78.8 Å². The van der Waals surface area contributed by atoms with E-state index in [0.29, 0.717) is 19.8 Å². The number of hydrogen-bond donors (Lipinski definition) is 9. The first-order valence-corrected chi connectivity index (χ1v) is 16.3. The van der Waals surface area contributed by atoms with Crippen LogP contribution in [0.3, 0.4) is 0 Å². The Hall–Kier alpha value is -3.79. The zero-order valence-electron chi connectivity index (χ0n) is 27.3. The first-order chi connectivity index (χ1) is 24.3. The molecule has 0 radical (unpaired) electrons. The van der Waals surface area contributed by atoms with Gasteiger partial charge in [0, 0.05) is 37.3 Å². The maximum atomic E-state index is 13.9. The molecule has 18 nitrogen and oxygen atoms in total. The summed E-state index contributed by atoms with van der Waals surface area (Å²) in [7, 11) is 0. The van der Waals surface area contributed by atoms with Crippen molar-refractivity contribution in [3.63, 3.8) is 0 Å². The summed E-state index contributed by atoms with van der Waals surface area (Å²) in [5, 5.41) is 93.6. The second-order valence-corrected chi connectivity index (χ2v) is 12.6.